The lowest BCUT2D eigenvalue weighted by atomic mass is 10.0. The molecule has 0 atom stereocenters. The number of nitrogens with one attached hydrogen (secondary N) is 2. The van der Waals surface area contributed by atoms with Crippen molar-refractivity contribution in [3.63, 3.8) is 0 Å². The quantitative estimate of drug-likeness (QED) is 0.668. The van der Waals surface area contributed by atoms with E-state index in [1.54, 1.807) is 13.0 Å². The normalized spacial score (nSPS) is 16.0. The van der Waals surface area contributed by atoms with E-state index in [1.165, 1.54) is 0 Å². The van der Waals surface area contributed by atoms with Gasteiger partial charge in [0.15, 0.2) is 0 Å². The molecule has 0 saturated carbocycles. The fourth-order valence-electron chi connectivity index (χ4n) is 2.37. The first-order valence-electron chi connectivity index (χ1n) is 6.99. The number of carbonyl (C=O) groups excluding carboxylic acids is 2. The van der Waals surface area contributed by atoms with E-state index in [0.717, 1.165) is 16.5 Å². The van der Waals surface area contributed by atoms with E-state index in [9.17, 15) is 9.59 Å². The first kappa shape index (κ1) is 14.1. The Morgan fingerprint density at radius 3 is 3.00 bits per heavy atom. The van der Waals surface area contributed by atoms with Crippen molar-refractivity contribution in [1.29, 1.82) is 0 Å². The molecular formula is C16H15N3O3. The molecule has 0 radical (unpaired) electrons. The van der Waals surface area contributed by atoms with Crippen LogP contribution < -0.4 is 5.43 Å². The lowest BCUT2D eigenvalue weighted by Crippen LogP contribution is -2.15. The Bertz CT molecular complexity index is 802. The number of aromatic nitrogens is 1. The summed E-state index contributed by atoms with van der Waals surface area (Å²) in [5.41, 5.74) is 5.03. The Morgan fingerprint density at radius 2 is 2.18 bits per heavy atom. The second-order valence-corrected chi connectivity index (χ2v) is 4.83. The SMILES string of the molecule is CCOC(=O)CC1=NNC(=O)C1=Cc1c[nH]c2ccccc12. The van der Waals surface area contributed by atoms with Gasteiger partial charge in [-0.15, -0.1) is 0 Å². The van der Waals surface area contributed by atoms with Crippen molar-refractivity contribution in [3.8, 4) is 0 Å². The highest BCUT2D eigenvalue weighted by Crippen LogP contribution is 2.22. The number of hydrazone groups is 1. The maximum Gasteiger partial charge on any atom is 0.311 e. The number of hydrogen-bond acceptors (Lipinski definition) is 4. The van der Waals surface area contributed by atoms with Gasteiger partial charge in [-0.1, -0.05) is 18.2 Å². The summed E-state index contributed by atoms with van der Waals surface area (Å²) >= 11 is 0. The maximum absolute atomic E-state index is 11.9. The van der Waals surface area contributed by atoms with Crippen LogP contribution in [0.5, 0.6) is 0 Å². The lowest BCUT2D eigenvalue weighted by molar-refractivity contribution is -0.141. The molecule has 0 aliphatic carbocycles. The van der Waals surface area contributed by atoms with Gasteiger partial charge in [-0.2, -0.15) is 5.10 Å². The van der Waals surface area contributed by atoms with Gasteiger partial charge < -0.3 is 9.72 Å². The Kier molecular flexibility index (Phi) is 3.74. The van der Waals surface area contributed by atoms with Crippen LogP contribution >= 0.6 is 0 Å². The van der Waals surface area contributed by atoms with Crippen LogP contribution in [0.4, 0.5) is 0 Å². The second-order valence-electron chi connectivity index (χ2n) is 4.83. The smallest absolute Gasteiger partial charge is 0.311 e. The molecule has 2 N–H and O–H groups in total. The molecule has 1 aliphatic heterocycles. The molecule has 6 nitrogen and oxygen atoms in total. The number of amides is 1. The molecular weight excluding hydrogens is 282 g/mol. The Hall–Kier alpha value is -2.89. The summed E-state index contributed by atoms with van der Waals surface area (Å²) in [6.07, 6.45) is 3.53. The number of esters is 1. The molecule has 6 heteroatoms. The molecule has 3 rings (SSSR count). The summed E-state index contributed by atoms with van der Waals surface area (Å²) in [6, 6.07) is 7.79. The number of nitrogens with zero attached hydrogens (tertiary/aromatic N) is 1. The van der Waals surface area contributed by atoms with E-state index in [1.807, 2.05) is 30.5 Å². The van der Waals surface area contributed by atoms with Crippen molar-refractivity contribution in [2.45, 2.75) is 13.3 Å². The monoisotopic (exact) mass is 297 g/mol. The van der Waals surface area contributed by atoms with Crippen LogP contribution in [-0.2, 0) is 14.3 Å². The number of benzene rings is 1. The van der Waals surface area contributed by atoms with Crippen LogP contribution in [0.25, 0.3) is 17.0 Å². The Balaban J connectivity index is 1.92. The van der Waals surface area contributed by atoms with E-state index < -0.39 is 5.97 Å². The van der Waals surface area contributed by atoms with E-state index in [0.29, 0.717) is 17.9 Å². The summed E-state index contributed by atoms with van der Waals surface area (Å²) in [6.45, 7) is 2.04. The average molecular weight is 297 g/mol. The van der Waals surface area contributed by atoms with Crippen molar-refractivity contribution in [1.82, 2.24) is 10.4 Å². The zero-order chi connectivity index (χ0) is 15.5. The van der Waals surface area contributed by atoms with Crippen molar-refractivity contribution in [3.05, 3.63) is 41.6 Å². The largest absolute Gasteiger partial charge is 0.466 e. The fraction of sp³-hybridized carbons (Fsp3) is 0.188. The van der Waals surface area contributed by atoms with Crippen LogP contribution in [0.15, 0.2) is 41.1 Å². The minimum absolute atomic E-state index is 0.0270. The van der Waals surface area contributed by atoms with Gasteiger partial charge in [0.05, 0.1) is 24.3 Å². The number of ether oxygens (including phenoxy) is 1. The van der Waals surface area contributed by atoms with Crippen molar-refractivity contribution in [2.24, 2.45) is 5.10 Å². The molecule has 0 saturated heterocycles. The lowest BCUT2D eigenvalue weighted by Gasteiger charge is -2.02. The van der Waals surface area contributed by atoms with E-state index in [-0.39, 0.29) is 12.3 Å². The van der Waals surface area contributed by atoms with E-state index in [2.05, 4.69) is 15.5 Å². The highest BCUT2D eigenvalue weighted by molar-refractivity contribution is 6.30. The molecule has 2 heterocycles. The van der Waals surface area contributed by atoms with Gasteiger partial charge in [0.1, 0.15) is 0 Å². The van der Waals surface area contributed by atoms with Crippen LogP contribution in [0, 0.1) is 0 Å². The Labute approximate surface area is 126 Å². The zero-order valence-corrected chi connectivity index (χ0v) is 12.1. The predicted octanol–water partition coefficient (Wildman–Crippen LogP) is 1.99. The third-order valence-electron chi connectivity index (χ3n) is 3.39. The summed E-state index contributed by atoms with van der Waals surface area (Å²) in [4.78, 5) is 26.7. The predicted molar refractivity (Wildman–Crippen MR) is 83.1 cm³/mol. The van der Waals surface area contributed by atoms with Crippen LogP contribution in [0.2, 0.25) is 0 Å². The van der Waals surface area contributed by atoms with Crippen molar-refractivity contribution in [2.75, 3.05) is 6.61 Å². The second kappa shape index (κ2) is 5.85. The number of carbonyl (C=O) groups is 2. The molecule has 2 aromatic rings. The van der Waals surface area contributed by atoms with Crippen LogP contribution in [0.1, 0.15) is 18.9 Å². The zero-order valence-electron chi connectivity index (χ0n) is 12.1. The molecule has 0 spiro atoms. The molecule has 1 aromatic heterocycles. The Morgan fingerprint density at radius 1 is 1.36 bits per heavy atom. The molecule has 1 aliphatic rings. The number of H-pyrrole nitrogens is 1. The number of hydrogen-bond donors (Lipinski definition) is 2. The summed E-state index contributed by atoms with van der Waals surface area (Å²) in [7, 11) is 0. The number of fused-ring (bicyclic) bond motifs is 1. The van der Waals surface area contributed by atoms with Gasteiger partial charge in [-0.25, -0.2) is 5.43 Å². The first-order valence-corrected chi connectivity index (χ1v) is 6.99. The summed E-state index contributed by atoms with van der Waals surface area (Å²) < 4.78 is 4.90. The van der Waals surface area contributed by atoms with Gasteiger partial charge in [0, 0.05) is 22.7 Å². The van der Waals surface area contributed by atoms with Gasteiger partial charge in [0.2, 0.25) is 0 Å². The van der Waals surface area contributed by atoms with Gasteiger partial charge >= 0.3 is 5.97 Å². The summed E-state index contributed by atoms with van der Waals surface area (Å²) in [5, 5.41) is 4.92. The van der Waals surface area contributed by atoms with Gasteiger partial charge in [-0.3, -0.25) is 9.59 Å². The summed E-state index contributed by atoms with van der Waals surface area (Å²) in [5.74, 6) is -0.716. The maximum atomic E-state index is 11.9. The van der Waals surface area contributed by atoms with E-state index >= 15 is 0 Å². The molecule has 0 fully saturated rings. The molecule has 0 unspecified atom stereocenters. The van der Waals surface area contributed by atoms with Crippen LogP contribution in [-0.4, -0.2) is 29.2 Å². The van der Waals surface area contributed by atoms with Crippen molar-refractivity contribution < 1.29 is 14.3 Å². The third-order valence-corrected chi connectivity index (χ3v) is 3.39. The minimum Gasteiger partial charge on any atom is -0.466 e. The van der Waals surface area contributed by atoms with Crippen LogP contribution in [0.3, 0.4) is 0 Å². The van der Waals surface area contributed by atoms with Gasteiger partial charge in [0.25, 0.3) is 5.91 Å². The topological polar surface area (TPSA) is 83.5 Å². The third kappa shape index (κ3) is 2.63. The highest BCUT2D eigenvalue weighted by Gasteiger charge is 2.25. The molecule has 1 aromatic carbocycles. The number of rotatable bonds is 4. The molecule has 112 valence electrons. The highest BCUT2D eigenvalue weighted by atomic mass is 16.5. The number of para-hydroxylation sites is 1. The van der Waals surface area contributed by atoms with Crippen molar-refractivity contribution >= 4 is 34.6 Å². The molecule has 0 bridgehead atoms. The first-order chi connectivity index (χ1) is 10.7. The number of aromatic amines is 1. The minimum atomic E-state index is -0.400. The van der Waals surface area contributed by atoms with Gasteiger partial charge in [-0.05, 0) is 19.1 Å². The molecule has 22 heavy (non-hydrogen) atoms. The standard InChI is InChI=1S/C16H15N3O3/c1-2-22-15(20)8-14-12(16(21)19-18-14)7-10-9-17-13-6-4-3-5-11(10)13/h3-7,9,17H,2,8H2,1H3,(H,19,21). The fourth-order valence-corrected chi connectivity index (χ4v) is 2.37. The molecule has 1 amide bonds. The average Bonchev–Trinajstić information content (AvgIpc) is 3.06. The van der Waals surface area contributed by atoms with E-state index in [4.69, 9.17) is 4.74 Å².